The minimum Gasteiger partial charge on any atom is -0.244 e. The molecule has 2 aromatic rings. The van der Waals surface area contributed by atoms with E-state index in [4.69, 9.17) is 0 Å². The zero-order valence-corrected chi connectivity index (χ0v) is 13.9. The maximum atomic E-state index is 12.1. The molecule has 0 aliphatic rings. The molecule has 0 unspecified atom stereocenters. The quantitative estimate of drug-likeness (QED) is 0.719. The van der Waals surface area contributed by atoms with Gasteiger partial charge in [0.15, 0.2) is 0 Å². The predicted molar refractivity (Wildman–Crippen MR) is 85.5 cm³/mol. The third-order valence-electron chi connectivity index (χ3n) is 3.03. The van der Waals surface area contributed by atoms with E-state index in [1.807, 2.05) is 0 Å². The lowest BCUT2D eigenvalue weighted by Gasteiger charge is -2.08. The Kier molecular flexibility index (Phi) is 5.42. The first-order chi connectivity index (χ1) is 10.8. The molecule has 0 amide bonds. The van der Waals surface area contributed by atoms with E-state index in [1.165, 1.54) is 25.5 Å². The van der Waals surface area contributed by atoms with E-state index < -0.39 is 20.0 Å². The van der Waals surface area contributed by atoms with Crippen LogP contribution in [0.1, 0.15) is 0 Å². The van der Waals surface area contributed by atoms with Gasteiger partial charge in [0.05, 0.1) is 10.6 Å². The highest BCUT2D eigenvalue weighted by atomic mass is 32.2. The minimum atomic E-state index is -3.76. The molecular formula is C13H16N4O4S2. The van der Waals surface area contributed by atoms with Crippen LogP contribution in [0.5, 0.6) is 0 Å². The topological polar surface area (TPSA) is 118 Å². The zero-order valence-electron chi connectivity index (χ0n) is 12.3. The van der Waals surface area contributed by atoms with Crippen molar-refractivity contribution >= 4 is 20.0 Å². The molecular weight excluding hydrogens is 340 g/mol. The number of nitrogens with zero attached hydrogens (tertiary/aromatic N) is 2. The maximum absolute atomic E-state index is 12.1. The average molecular weight is 356 g/mol. The van der Waals surface area contributed by atoms with Crippen LogP contribution >= 0.6 is 0 Å². The molecule has 0 spiro atoms. The third kappa shape index (κ3) is 4.79. The number of sulfonamides is 2. The second-order valence-electron chi connectivity index (χ2n) is 4.57. The van der Waals surface area contributed by atoms with Crippen LogP contribution in [0.25, 0.3) is 11.1 Å². The number of hydrogen-bond acceptors (Lipinski definition) is 6. The Hall–Kier alpha value is -1.88. The number of rotatable bonds is 7. The maximum Gasteiger partial charge on any atom is 0.240 e. The molecule has 8 nitrogen and oxygen atoms in total. The third-order valence-corrected chi connectivity index (χ3v) is 5.87. The van der Waals surface area contributed by atoms with E-state index >= 15 is 0 Å². The predicted octanol–water partition coefficient (Wildman–Crippen LogP) is -0.0289. The Morgan fingerprint density at radius 3 is 2.13 bits per heavy atom. The summed E-state index contributed by atoms with van der Waals surface area (Å²) in [5.41, 5.74) is 1.55. The summed E-state index contributed by atoms with van der Waals surface area (Å²) in [6.45, 7) is -0.209. The standard InChI is InChI=1S/C13H16N4O4S2/c1-14-22(18,19)7-6-17-23(20,21)13-4-2-11(3-5-13)12-8-15-10-16-9-12/h2-5,8-10,14,17H,6-7H2,1H3. The molecule has 0 atom stereocenters. The fraction of sp³-hybridized carbons (Fsp3) is 0.231. The van der Waals surface area contributed by atoms with Gasteiger partial charge in [0.2, 0.25) is 20.0 Å². The van der Waals surface area contributed by atoms with Crippen LogP contribution in [-0.4, -0.2) is 46.1 Å². The molecule has 0 radical (unpaired) electrons. The molecule has 1 aromatic heterocycles. The van der Waals surface area contributed by atoms with E-state index in [9.17, 15) is 16.8 Å². The summed E-state index contributed by atoms with van der Waals surface area (Å²) >= 11 is 0. The first-order valence-corrected chi connectivity index (χ1v) is 9.74. The van der Waals surface area contributed by atoms with Gasteiger partial charge >= 0.3 is 0 Å². The summed E-state index contributed by atoms with van der Waals surface area (Å²) < 4.78 is 51.1. The van der Waals surface area contributed by atoms with Gasteiger partial charge in [0.25, 0.3) is 0 Å². The van der Waals surface area contributed by atoms with Crippen molar-refractivity contribution in [2.45, 2.75) is 4.90 Å². The van der Waals surface area contributed by atoms with Gasteiger partial charge in [-0.3, -0.25) is 0 Å². The van der Waals surface area contributed by atoms with Crippen LogP contribution in [0.2, 0.25) is 0 Å². The second kappa shape index (κ2) is 7.13. The zero-order chi connectivity index (χ0) is 16.9. The van der Waals surface area contributed by atoms with E-state index in [0.29, 0.717) is 0 Å². The summed E-state index contributed by atoms with van der Waals surface area (Å²) in [5, 5.41) is 0. The molecule has 0 saturated heterocycles. The van der Waals surface area contributed by atoms with Gasteiger partial charge in [-0.25, -0.2) is 36.2 Å². The van der Waals surface area contributed by atoms with Gasteiger partial charge in [-0.2, -0.15) is 0 Å². The van der Waals surface area contributed by atoms with Crippen LogP contribution in [0.3, 0.4) is 0 Å². The highest BCUT2D eigenvalue weighted by Crippen LogP contribution is 2.19. The smallest absolute Gasteiger partial charge is 0.240 e. The van der Waals surface area contributed by atoms with Gasteiger partial charge in [0.1, 0.15) is 6.33 Å². The van der Waals surface area contributed by atoms with Crippen molar-refractivity contribution in [2.24, 2.45) is 0 Å². The molecule has 1 aromatic carbocycles. The highest BCUT2D eigenvalue weighted by Gasteiger charge is 2.15. The van der Waals surface area contributed by atoms with Gasteiger partial charge in [-0.05, 0) is 24.7 Å². The largest absolute Gasteiger partial charge is 0.244 e. The molecule has 0 bridgehead atoms. The summed E-state index contributed by atoms with van der Waals surface area (Å²) in [6, 6.07) is 6.16. The molecule has 0 aliphatic carbocycles. The van der Waals surface area contributed by atoms with Crippen LogP contribution in [-0.2, 0) is 20.0 Å². The average Bonchev–Trinajstić information content (AvgIpc) is 2.55. The lowest BCUT2D eigenvalue weighted by molar-refractivity contribution is 0.578. The van der Waals surface area contributed by atoms with Crippen molar-refractivity contribution in [3.8, 4) is 11.1 Å². The highest BCUT2D eigenvalue weighted by molar-refractivity contribution is 7.90. The normalized spacial score (nSPS) is 12.2. The van der Waals surface area contributed by atoms with E-state index in [-0.39, 0.29) is 17.2 Å². The second-order valence-corrected chi connectivity index (χ2v) is 8.39. The SMILES string of the molecule is CNS(=O)(=O)CCNS(=O)(=O)c1ccc(-c2cncnc2)cc1. The molecule has 10 heteroatoms. The van der Waals surface area contributed by atoms with Crippen molar-refractivity contribution in [3.05, 3.63) is 43.0 Å². The summed E-state index contributed by atoms with van der Waals surface area (Å²) in [7, 11) is -5.95. The molecule has 0 saturated carbocycles. The Balaban J connectivity index is 2.09. The minimum absolute atomic E-state index is 0.0555. The Morgan fingerprint density at radius 2 is 1.57 bits per heavy atom. The van der Waals surface area contributed by atoms with Gasteiger partial charge in [0, 0.05) is 24.5 Å². The Bertz CT molecular complexity index is 851. The van der Waals surface area contributed by atoms with E-state index in [1.54, 1.807) is 24.5 Å². The molecule has 2 rings (SSSR count). The van der Waals surface area contributed by atoms with Crippen LogP contribution in [0, 0.1) is 0 Å². The number of hydrogen-bond donors (Lipinski definition) is 2. The van der Waals surface area contributed by atoms with Crippen LogP contribution in [0.4, 0.5) is 0 Å². The summed E-state index contributed by atoms with van der Waals surface area (Å²) in [5.74, 6) is -0.331. The number of nitrogens with one attached hydrogen (secondary N) is 2. The Labute approximate surface area is 135 Å². The lowest BCUT2D eigenvalue weighted by Crippen LogP contribution is -2.32. The van der Waals surface area contributed by atoms with Crippen molar-refractivity contribution < 1.29 is 16.8 Å². The van der Waals surface area contributed by atoms with Crippen molar-refractivity contribution in [1.82, 2.24) is 19.4 Å². The fourth-order valence-corrected chi connectivity index (χ4v) is 3.51. The number of benzene rings is 1. The van der Waals surface area contributed by atoms with Crippen molar-refractivity contribution in [3.63, 3.8) is 0 Å². The Morgan fingerprint density at radius 1 is 0.957 bits per heavy atom. The van der Waals surface area contributed by atoms with Gasteiger partial charge in [-0.1, -0.05) is 12.1 Å². The lowest BCUT2D eigenvalue weighted by atomic mass is 10.1. The van der Waals surface area contributed by atoms with Crippen molar-refractivity contribution in [2.75, 3.05) is 19.3 Å². The molecule has 2 N–H and O–H groups in total. The monoisotopic (exact) mass is 356 g/mol. The molecule has 23 heavy (non-hydrogen) atoms. The molecule has 0 aliphatic heterocycles. The number of aromatic nitrogens is 2. The van der Waals surface area contributed by atoms with Crippen molar-refractivity contribution in [1.29, 1.82) is 0 Å². The fourth-order valence-electron chi connectivity index (χ4n) is 1.77. The van der Waals surface area contributed by atoms with Crippen LogP contribution < -0.4 is 9.44 Å². The van der Waals surface area contributed by atoms with E-state index in [2.05, 4.69) is 19.4 Å². The van der Waals surface area contributed by atoms with Gasteiger partial charge in [-0.15, -0.1) is 0 Å². The van der Waals surface area contributed by atoms with E-state index in [0.717, 1.165) is 11.1 Å². The molecule has 124 valence electrons. The first kappa shape index (κ1) is 17.5. The first-order valence-electron chi connectivity index (χ1n) is 6.60. The summed E-state index contributed by atoms with van der Waals surface area (Å²) in [4.78, 5) is 7.85. The van der Waals surface area contributed by atoms with Gasteiger partial charge < -0.3 is 0 Å². The summed E-state index contributed by atoms with van der Waals surface area (Å²) in [6.07, 6.45) is 4.65. The van der Waals surface area contributed by atoms with Crippen LogP contribution in [0.15, 0.2) is 47.9 Å². The molecule has 1 heterocycles. The molecule has 0 fully saturated rings.